The number of ether oxygens (including phenoxy) is 1. The quantitative estimate of drug-likeness (QED) is 0.398. The van der Waals surface area contributed by atoms with Crippen molar-refractivity contribution in [1.82, 2.24) is 9.97 Å². The zero-order chi connectivity index (χ0) is 21.3. The fraction of sp³-hybridized carbons (Fsp3) is 0.208. The average molecular weight is 402 g/mol. The third-order valence-corrected chi connectivity index (χ3v) is 4.40. The highest BCUT2D eigenvalue weighted by Gasteiger charge is 2.07. The summed E-state index contributed by atoms with van der Waals surface area (Å²) in [5, 5.41) is 6.11. The molecule has 0 saturated carbocycles. The van der Waals surface area contributed by atoms with E-state index in [1.54, 1.807) is 6.20 Å². The number of aryl methyl sites for hydroxylation is 1. The topological polar surface area (TPSA) is 76.1 Å². The lowest BCUT2D eigenvalue weighted by Crippen LogP contribution is -2.07. The Morgan fingerprint density at radius 3 is 2.83 bits per heavy atom. The van der Waals surface area contributed by atoms with Crippen LogP contribution in [0.25, 0.3) is 11.3 Å². The van der Waals surface area contributed by atoms with E-state index in [1.807, 2.05) is 74.5 Å². The van der Waals surface area contributed by atoms with Gasteiger partial charge in [-0.1, -0.05) is 36.4 Å². The minimum Gasteiger partial charge on any atom is -0.373 e. The zero-order valence-electron chi connectivity index (χ0n) is 17.5. The Kier molecular flexibility index (Phi) is 7.29. The Morgan fingerprint density at radius 1 is 1.17 bits per heavy atom. The average Bonchev–Trinajstić information content (AvgIpc) is 2.73. The molecule has 6 nitrogen and oxygen atoms in total. The van der Waals surface area contributed by atoms with Gasteiger partial charge in [-0.25, -0.2) is 9.97 Å². The molecule has 0 fully saturated rings. The van der Waals surface area contributed by atoms with Gasteiger partial charge < -0.3 is 15.4 Å². The van der Waals surface area contributed by atoms with Crippen LogP contribution in [0.4, 0.5) is 17.3 Å². The first-order valence-electron chi connectivity index (χ1n) is 9.81. The number of aromatic nitrogens is 2. The van der Waals surface area contributed by atoms with Gasteiger partial charge in [0.1, 0.15) is 0 Å². The number of carbonyl (C=O) groups is 1. The van der Waals surface area contributed by atoms with Gasteiger partial charge in [-0.2, -0.15) is 0 Å². The maximum Gasteiger partial charge on any atom is 0.227 e. The van der Waals surface area contributed by atoms with Gasteiger partial charge in [-0.15, -0.1) is 0 Å². The Bertz CT molecular complexity index is 1050. The lowest BCUT2D eigenvalue weighted by atomic mass is 10.1. The van der Waals surface area contributed by atoms with Gasteiger partial charge in [-0.05, 0) is 49.2 Å². The lowest BCUT2D eigenvalue weighted by Gasteiger charge is -2.11. The van der Waals surface area contributed by atoms with E-state index >= 15 is 0 Å². The van der Waals surface area contributed by atoms with E-state index in [0.717, 1.165) is 33.8 Å². The molecular weight excluding hydrogens is 376 g/mol. The van der Waals surface area contributed by atoms with Gasteiger partial charge in [0.15, 0.2) is 0 Å². The SMILES string of the molecule is C/C=C/COCc1cccc(Nc2nccc(-c3ccc(C)c(NC(C)=O)c3)n2)c1. The van der Waals surface area contributed by atoms with E-state index in [2.05, 4.69) is 20.6 Å². The Labute approximate surface area is 177 Å². The fourth-order valence-corrected chi connectivity index (χ4v) is 2.89. The third kappa shape index (κ3) is 5.99. The van der Waals surface area contributed by atoms with E-state index in [-0.39, 0.29) is 5.91 Å². The molecule has 1 heterocycles. The van der Waals surface area contributed by atoms with Crippen LogP contribution in [0, 0.1) is 6.92 Å². The minimum absolute atomic E-state index is 0.102. The predicted octanol–water partition coefficient (Wildman–Crippen LogP) is 5.25. The van der Waals surface area contributed by atoms with E-state index in [1.165, 1.54) is 6.92 Å². The van der Waals surface area contributed by atoms with Crippen LogP contribution < -0.4 is 10.6 Å². The summed E-state index contributed by atoms with van der Waals surface area (Å²) in [6.45, 7) is 6.56. The summed E-state index contributed by atoms with van der Waals surface area (Å²) in [6.07, 6.45) is 5.66. The first-order valence-corrected chi connectivity index (χ1v) is 9.81. The van der Waals surface area contributed by atoms with Gasteiger partial charge >= 0.3 is 0 Å². The largest absolute Gasteiger partial charge is 0.373 e. The van der Waals surface area contributed by atoms with Crippen molar-refractivity contribution < 1.29 is 9.53 Å². The van der Waals surface area contributed by atoms with Crippen LogP contribution in [-0.2, 0) is 16.1 Å². The second kappa shape index (κ2) is 10.3. The van der Waals surface area contributed by atoms with E-state index in [0.29, 0.717) is 19.2 Å². The van der Waals surface area contributed by atoms with Crippen molar-refractivity contribution in [2.75, 3.05) is 17.2 Å². The number of allylic oxidation sites excluding steroid dienone is 1. The molecule has 1 aromatic heterocycles. The number of hydrogen-bond donors (Lipinski definition) is 2. The number of benzene rings is 2. The Hall–Kier alpha value is -3.51. The van der Waals surface area contributed by atoms with Gasteiger partial charge in [0.25, 0.3) is 0 Å². The maximum atomic E-state index is 11.4. The molecule has 0 unspecified atom stereocenters. The molecule has 2 N–H and O–H groups in total. The van der Waals surface area contributed by atoms with E-state index in [4.69, 9.17) is 4.74 Å². The second-order valence-corrected chi connectivity index (χ2v) is 6.89. The summed E-state index contributed by atoms with van der Waals surface area (Å²) in [5.74, 6) is 0.399. The van der Waals surface area contributed by atoms with Crippen LogP contribution in [0.3, 0.4) is 0 Å². The van der Waals surface area contributed by atoms with Crippen molar-refractivity contribution in [2.24, 2.45) is 0 Å². The molecule has 0 atom stereocenters. The number of nitrogens with zero attached hydrogens (tertiary/aromatic N) is 2. The lowest BCUT2D eigenvalue weighted by molar-refractivity contribution is -0.114. The Morgan fingerprint density at radius 2 is 2.03 bits per heavy atom. The number of anilines is 3. The standard InChI is InChI=1S/C24H26N4O2/c1-4-5-13-30-16-19-7-6-8-21(14-19)27-24-25-12-11-22(28-24)20-10-9-17(2)23(15-20)26-18(3)29/h4-12,14-15H,13,16H2,1-3H3,(H,26,29)(H,25,27,28)/b5-4+. The molecule has 0 bridgehead atoms. The highest BCUT2D eigenvalue weighted by atomic mass is 16.5. The van der Waals surface area contributed by atoms with Gasteiger partial charge in [0.05, 0.1) is 18.9 Å². The van der Waals surface area contributed by atoms with Crippen LogP contribution in [-0.4, -0.2) is 22.5 Å². The summed E-state index contributed by atoms with van der Waals surface area (Å²) in [7, 11) is 0. The first kappa shape index (κ1) is 21.2. The molecule has 3 rings (SSSR count). The molecule has 0 aliphatic heterocycles. The third-order valence-electron chi connectivity index (χ3n) is 4.40. The van der Waals surface area contributed by atoms with Crippen LogP contribution in [0.5, 0.6) is 0 Å². The van der Waals surface area contributed by atoms with Crippen LogP contribution >= 0.6 is 0 Å². The number of carbonyl (C=O) groups excluding carboxylic acids is 1. The normalized spacial score (nSPS) is 10.9. The summed E-state index contributed by atoms with van der Waals surface area (Å²) in [5.41, 5.74) is 5.40. The van der Waals surface area contributed by atoms with Crippen molar-refractivity contribution in [2.45, 2.75) is 27.4 Å². The Balaban J connectivity index is 1.76. The van der Waals surface area contributed by atoms with Gasteiger partial charge in [0, 0.05) is 30.1 Å². The van der Waals surface area contributed by atoms with Crippen molar-refractivity contribution in [3.8, 4) is 11.3 Å². The number of rotatable bonds is 8. The molecule has 0 radical (unpaired) electrons. The molecule has 2 aromatic carbocycles. The second-order valence-electron chi connectivity index (χ2n) is 6.89. The molecule has 0 saturated heterocycles. The maximum absolute atomic E-state index is 11.4. The molecule has 30 heavy (non-hydrogen) atoms. The first-order chi connectivity index (χ1) is 14.5. The molecular formula is C24H26N4O2. The fourth-order valence-electron chi connectivity index (χ4n) is 2.89. The highest BCUT2D eigenvalue weighted by Crippen LogP contribution is 2.25. The van der Waals surface area contributed by atoms with Crippen molar-refractivity contribution in [3.63, 3.8) is 0 Å². The van der Waals surface area contributed by atoms with Crippen molar-refractivity contribution >= 4 is 23.2 Å². The molecule has 1 amide bonds. The number of amides is 1. The van der Waals surface area contributed by atoms with Gasteiger partial charge in [0.2, 0.25) is 11.9 Å². The van der Waals surface area contributed by atoms with Crippen molar-refractivity contribution in [3.05, 3.63) is 78.0 Å². The molecule has 0 spiro atoms. The van der Waals surface area contributed by atoms with E-state index in [9.17, 15) is 4.79 Å². The van der Waals surface area contributed by atoms with Gasteiger partial charge in [-0.3, -0.25) is 4.79 Å². The van der Waals surface area contributed by atoms with E-state index < -0.39 is 0 Å². The van der Waals surface area contributed by atoms with Crippen LogP contribution in [0.2, 0.25) is 0 Å². The summed E-state index contributed by atoms with van der Waals surface area (Å²) < 4.78 is 5.61. The molecule has 6 heteroatoms. The number of nitrogens with one attached hydrogen (secondary N) is 2. The molecule has 3 aromatic rings. The predicted molar refractivity (Wildman–Crippen MR) is 121 cm³/mol. The highest BCUT2D eigenvalue weighted by molar-refractivity contribution is 5.90. The molecule has 0 aliphatic carbocycles. The molecule has 0 aliphatic rings. The smallest absolute Gasteiger partial charge is 0.227 e. The van der Waals surface area contributed by atoms with Crippen LogP contribution in [0.1, 0.15) is 25.0 Å². The van der Waals surface area contributed by atoms with Crippen molar-refractivity contribution in [1.29, 1.82) is 0 Å². The minimum atomic E-state index is -0.102. The molecule has 154 valence electrons. The summed E-state index contributed by atoms with van der Waals surface area (Å²) in [6, 6.07) is 15.7. The summed E-state index contributed by atoms with van der Waals surface area (Å²) in [4.78, 5) is 20.4. The zero-order valence-corrected chi connectivity index (χ0v) is 17.5. The summed E-state index contributed by atoms with van der Waals surface area (Å²) >= 11 is 0. The number of hydrogen-bond acceptors (Lipinski definition) is 5. The van der Waals surface area contributed by atoms with Crippen LogP contribution in [0.15, 0.2) is 66.9 Å². The monoisotopic (exact) mass is 402 g/mol.